The Kier molecular flexibility index (Phi) is 5.97. The van der Waals surface area contributed by atoms with Crippen LogP contribution >= 0.6 is 0 Å². The third-order valence-electron chi connectivity index (χ3n) is 7.00. The average molecular weight is 428 g/mol. The number of hydrogen-bond donors (Lipinski definition) is 2. The summed E-state index contributed by atoms with van der Waals surface area (Å²) < 4.78 is 2.13. The lowest BCUT2D eigenvalue weighted by molar-refractivity contribution is 0.335. The summed E-state index contributed by atoms with van der Waals surface area (Å²) in [6.07, 6.45) is 15.1. The van der Waals surface area contributed by atoms with E-state index in [1.165, 1.54) is 55.1 Å². The van der Waals surface area contributed by atoms with Crippen LogP contribution < -0.4 is 11.1 Å². The van der Waals surface area contributed by atoms with Crippen LogP contribution in [-0.2, 0) is 7.05 Å². The second-order valence-electron chi connectivity index (χ2n) is 9.41. The van der Waals surface area contributed by atoms with Crippen LogP contribution in [-0.4, -0.2) is 28.4 Å². The summed E-state index contributed by atoms with van der Waals surface area (Å²) >= 11 is 0. The Morgan fingerprint density at radius 2 is 2.00 bits per heavy atom. The lowest BCUT2D eigenvalue weighted by Gasteiger charge is -2.28. The van der Waals surface area contributed by atoms with Gasteiger partial charge in [0.15, 0.2) is 0 Å². The van der Waals surface area contributed by atoms with Gasteiger partial charge in [0.1, 0.15) is 0 Å². The van der Waals surface area contributed by atoms with Crippen molar-refractivity contribution in [2.75, 3.05) is 11.9 Å². The first-order valence-corrected chi connectivity index (χ1v) is 11.9. The molecule has 0 unspecified atom stereocenters. The van der Waals surface area contributed by atoms with Crippen molar-refractivity contribution in [2.24, 2.45) is 23.7 Å². The Morgan fingerprint density at radius 1 is 1.16 bits per heavy atom. The SMILES string of the molecule is Cn1ccc2cc(C3CCC(CNc4cccc(C(C=NC5CC5)=CN)c4)CC3)ncc21. The average Bonchev–Trinajstić information content (AvgIpc) is 3.60. The van der Waals surface area contributed by atoms with Crippen LogP contribution in [0.25, 0.3) is 16.5 Å². The Hall–Kier alpha value is -3.08. The molecule has 0 atom stereocenters. The maximum atomic E-state index is 5.87. The fourth-order valence-corrected chi connectivity index (χ4v) is 4.76. The van der Waals surface area contributed by atoms with Crippen LogP contribution in [0.4, 0.5) is 5.69 Å². The largest absolute Gasteiger partial charge is 0.404 e. The molecule has 3 aromatic rings. The number of hydrogen-bond acceptors (Lipinski definition) is 4. The second-order valence-corrected chi connectivity index (χ2v) is 9.41. The number of nitrogens with one attached hydrogen (secondary N) is 1. The molecule has 32 heavy (non-hydrogen) atoms. The number of rotatable bonds is 7. The maximum absolute atomic E-state index is 5.87. The van der Waals surface area contributed by atoms with E-state index >= 15 is 0 Å². The molecular formula is C27H33N5. The summed E-state index contributed by atoms with van der Waals surface area (Å²) in [7, 11) is 2.08. The molecule has 2 aliphatic carbocycles. The number of fused-ring (bicyclic) bond motifs is 1. The minimum absolute atomic E-state index is 0.506. The Labute approximate surface area is 190 Å². The second kappa shape index (κ2) is 9.19. The van der Waals surface area contributed by atoms with Gasteiger partial charge in [-0.05, 0) is 74.3 Å². The lowest BCUT2D eigenvalue weighted by atomic mass is 9.80. The fraction of sp³-hybridized carbons (Fsp3) is 0.407. The minimum Gasteiger partial charge on any atom is -0.404 e. The molecule has 1 aromatic carbocycles. The van der Waals surface area contributed by atoms with Gasteiger partial charge in [-0.1, -0.05) is 12.1 Å². The molecule has 0 aliphatic heterocycles. The molecule has 2 fully saturated rings. The number of pyridine rings is 1. The molecule has 0 bridgehead atoms. The van der Waals surface area contributed by atoms with Crippen molar-refractivity contribution < 1.29 is 0 Å². The monoisotopic (exact) mass is 427 g/mol. The highest BCUT2D eigenvalue weighted by atomic mass is 14.9. The molecular weight excluding hydrogens is 394 g/mol. The van der Waals surface area contributed by atoms with Crippen LogP contribution in [0.1, 0.15) is 55.7 Å². The van der Waals surface area contributed by atoms with Crippen molar-refractivity contribution >= 4 is 28.4 Å². The molecule has 0 radical (unpaired) electrons. The number of aryl methyl sites for hydroxylation is 1. The molecule has 0 amide bonds. The van der Waals surface area contributed by atoms with Gasteiger partial charge in [0.2, 0.25) is 0 Å². The van der Waals surface area contributed by atoms with Crippen molar-refractivity contribution in [2.45, 2.75) is 50.5 Å². The van der Waals surface area contributed by atoms with Crippen molar-refractivity contribution in [1.29, 1.82) is 0 Å². The van der Waals surface area contributed by atoms with Crippen LogP contribution in [0.15, 0.2) is 60.0 Å². The van der Waals surface area contributed by atoms with E-state index in [0.717, 1.165) is 23.4 Å². The normalized spacial score (nSPS) is 22.0. The number of aromatic nitrogens is 2. The van der Waals surface area contributed by atoms with Gasteiger partial charge < -0.3 is 15.6 Å². The number of aliphatic imine (C=N–C) groups is 1. The predicted molar refractivity (Wildman–Crippen MR) is 134 cm³/mol. The third-order valence-corrected chi connectivity index (χ3v) is 7.00. The summed E-state index contributed by atoms with van der Waals surface area (Å²) in [5.41, 5.74) is 11.6. The van der Waals surface area contributed by atoms with Crippen molar-refractivity contribution in [3.8, 4) is 0 Å². The van der Waals surface area contributed by atoms with Gasteiger partial charge in [0.25, 0.3) is 0 Å². The number of nitrogens with two attached hydrogens (primary N) is 1. The molecule has 2 aliphatic rings. The van der Waals surface area contributed by atoms with E-state index in [-0.39, 0.29) is 0 Å². The first kappa shape index (κ1) is 20.8. The van der Waals surface area contributed by atoms with Crippen LogP contribution in [0, 0.1) is 5.92 Å². The van der Waals surface area contributed by atoms with E-state index in [9.17, 15) is 0 Å². The molecule has 2 heterocycles. The fourth-order valence-electron chi connectivity index (χ4n) is 4.76. The first-order chi connectivity index (χ1) is 15.7. The predicted octanol–water partition coefficient (Wildman–Crippen LogP) is 5.49. The number of benzene rings is 1. The van der Waals surface area contributed by atoms with Crippen LogP contribution in [0.5, 0.6) is 0 Å². The molecule has 0 saturated heterocycles. The topological polar surface area (TPSA) is 68.2 Å². The molecule has 2 saturated carbocycles. The van der Waals surface area contributed by atoms with Gasteiger partial charge in [-0.2, -0.15) is 0 Å². The van der Waals surface area contributed by atoms with Gasteiger partial charge in [0, 0.05) is 60.5 Å². The van der Waals surface area contributed by atoms with E-state index in [4.69, 9.17) is 10.7 Å². The molecule has 5 rings (SSSR count). The van der Waals surface area contributed by atoms with Gasteiger partial charge in [-0.25, -0.2) is 0 Å². The van der Waals surface area contributed by atoms with Gasteiger partial charge in [0.05, 0.1) is 17.8 Å². The van der Waals surface area contributed by atoms with E-state index in [2.05, 4.69) is 64.5 Å². The van der Waals surface area contributed by atoms with Gasteiger partial charge in [-0.3, -0.25) is 9.98 Å². The van der Waals surface area contributed by atoms with Gasteiger partial charge >= 0.3 is 0 Å². The number of allylic oxidation sites excluding steroid dienone is 1. The lowest BCUT2D eigenvalue weighted by Crippen LogP contribution is -2.21. The molecule has 0 spiro atoms. The number of nitrogens with zero attached hydrogens (tertiary/aromatic N) is 3. The molecule has 166 valence electrons. The van der Waals surface area contributed by atoms with Crippen LogP contribution in [0.3, 0.4) is 0 Å². The zero-order valence-corrected chi connectivity index (χ0v) is 18.9. The first-order valence-electron chi connectivity index (χ1n) is 11.9. The molecule has 3 N–H and O–H groups in total. The molecule has 5 nitrogen and oxygen atoms in total. The minimum atomic E-state index is 0.506. The molecule has 5 heteroatoms. The van der Waals surface area contributed by atoms with Gasteiger partial charge in [-0.15, -0.1) is 0 Å². The van der Waals surface area contributed by atoms with Crippen molar-refractivity contribution in [1.82, 2.24) is 9.55 Å². The highest BCUT2D eigenvalue weighted by Crippen LogP contribution is 2.36. The van der Waals surface area contributed by atoms with E-state index in [0.29, 0.717) is 17.9 Å². The summed E-state index contributed by atoms with van der Waals surface area (Å²) in [6.45, 7) is 1.01. The van der Waals surface area contributed by atoms with E-state index in [1.54, 1.807) is 6.20 Å². The zero-order chi connectivity index (χ0) is 21.9. The van der Waals surface area contributed by atoms with Crippen molar-refractivity contribution in [3.05, 3.63) is 66.2 Å². The highest BCUT2D eigenvalue weighted by molar-refractivity contribution is 6.10. The number of anilines is 1. The highest BCUT2D eigenvalue weighted by Gasteiger charge is 2.23. The summed E-state index contributed by atoms with van der Waals surface area (Å²) in [5, 5.41) is 4.96. The quantitative estimate of drug-likeness (QED) is 0.490. The Balaban J connectivity index is 1.15. The van der Waals surface area contributed by atoms with E-state index < -0.39 is 0 Å². The third kappa shape index (κ3) is 4.72. The Morgan fingerprint density at radius 3 is 2.78 bits per heavy atom. The smallest absolute Gasteiger partial charge is 0.0664 e. The Bertz CT molecular complexity index is 1130. The maximum Gasteiger partial charge on any atom is 0.0664 e. The zero-order valence-electron chi connectivity index (χ0n) is 18.9. The van der Waals surface area contributed by atoms with E-state index in [1.807, 2.05) is 12.4 Å². The standard InChI is InChI=1S/C27H33N5/c1-32-12-11-22-14-26(31-18-27(22)32)20-7-5-19(6-8-20)16-29-25-4-2-3-21(13-25)23(15-28)17-30-24-9-10-24/h2-4,11-15,17-20,24,29H,5-10,16,28H2,1H3. The van der Waals surface area contributed by atoms with Crippen molar-refractivity contribution in [3.63, 3.8) is 0 Å². The molecule has 2 aromatic heterocycles. The summed E-state index contributed by atoms with van der Waals surface area (Å²) in [6, 6.07) is 13.5. The summed E-state index contributed by atoms with van der Waals surface area (Å²) in [4.78, 5) is 9.37. The van der Waals surface area contributed by atoms with Crippen LogP contribution in [0.2, 0.25) is 0 Å². The summed E-state index contributed by atoms with van der Waals surface area (Å²) in [5.74, 6) is 1.29.